The van der Waals surface area contributed by atoms with E-state index in [0.717, 1.165) is 11.5 Å². The van der Waals surface area contributed by atoms with Gasteiger partial charge in [0.05, 0.1) is 10.6 Å². The highest BCUT2D eigenvalue weighted by molar-refractivity contribution is 7.13. The highest BCUT2D eigenvalue weighted by Gasteiger charge is 2.04. The van der Waals surface area contributed by atoms with Crippen LogP contribution in [0.1, 0.15) is 5.56 Å². The van der Waals surface area contributed by atoms with Gasteiger partial charge in [0.15, 0.2) is 0 Å². The zero-order chi connectivity index (χ0) is 9.97. The van der Waals surface area contributed by atoms with Crippen LogP contribution in [0.5, 0.6) is 0 Å². The maximum atomic E-state index is 4.49. The van der Waals surface area contributed by atoms with Gasteiger partial charge < -0.3 is 5.32 Å². The van der Waals surface area contributed by atoms with Crippen molar-refractivity contribution in [2.24, 2.45) is 0 Å². The molecular weight excluding hydrogens is 192 g/mol. The second-order valence-electron chi connectivity index (χ2n) is 3.09. The van der Waals surface area contributed by atoms with E-state index < -0.39 is 0 Å². The van der Waals surface area contributed by atoms with Gasteiger partial charge in [0.1, 0.15) is 5.82 Å². The molecule has 0 saturated heterocycles. The minimum atomic E-state index is 0.912. The van der Waals surface area contributed by atoms with Crippen molar-refractivity contribution in [3.05, 3.63) is 35.2 Å². The molecule has 14 heavy (non-hydrogen) atoms. The smallest absolute Gasteiger partial charge is 0.126 e. The van der Waals surface area contributed by atoms with Crippen LogP contribution in [0.15, 0.2) is 29.6 Å². The third-order valence-electron chi connectivity index (χ3n) is 2.10. The second-order valence-corrected chi connectivity index (χ2v) is 4.01. The summed E-state index contributed by atoms with van der Waals surface area (Å²) in [5, 5.41) is 5.14. The number of nitrogens with one attached hydrogen (secondary N) is 1. The normalized spacial score (nSPS) is 10.1. The van der Waals surface area contributed by atoms with Gasteiger partial charge >= 0.3 is 0 Å². The number of aromatic nitrogens is 1. The average molecular weight is 204 g/mol. The molecule has 2 nitrogen and oxygen atoms in total. The average Bonchev–Trinajstić information content (AvgIpc) is 2.65. The van der Waals surface area contributed by atoms with E-state index in [1.807, 2.05) is 25.2 Å². The second kappa shape index (κ2) is 3.80. The molecule has 2 aromatic heterocycles. The fraction of sp³-hybridized carbons (Fsp3) is 0.182. The Morgan fingerprint density at radius 2 is 2.14 bits per heavy atom. The Morgan fingerprint density at radius 1 is 1.29 bits per heavy atom. The number of aryl methyl sites for hydroxylation is 1. The van der Waals surface area contributed by atoms with Crippen LogP contribution >= 0.6 is 11.3 Å². The Bertz CT molecular complexity index is 434. The van der Waals surface area contributed by atoms with Gasteiger partial charge in [0.2, 0.25) is 0 Å². The first-order valence-electron chi connectivity index (χ1n) is 4.50. The molecule has 0 aliphatic heterocycles. The Hall–Kier alpha value is -1.35. The predicted molar refractivity (Wildman–Crippen MR) is 61.8 cm³/mol. The number of nitrogens with zero attached hydrogens (tertiary/aromatic N) is 1. The Labute approximate surface area is 87.6 Å². The molecular formula is C11H12N2S. The highest BCUT2D eigenvalue weighted by atomic mass is 32.1. The molecule has 0 aliphatic rings. The van der Waals surface area contributed by atoms with Crippen molar-refractivity contribution in [2.45, 2.75) is 6.92 Å². The summed E-state index contributed by atoms with van der Waals surface area (Å²) < 4.78 is 0. The Balaban J connectivity index is 2.47. The van der Waals surface area contributed by atoms with Crippen molar-refractivity contribution in [3.8, 4) is 10.6 Å². The molecule has 0 fully saturated rings. The Kier molecular flexibility index (Phi) is 2.50. The highest BCUT2D eigenvalue weighted by Crippen LogP contribution is 2.27. The fourth-order valence-corrected chi connectivity index (χ4v) is 2.23. The quantitative estimate of drug-likeness (QED) is 0.812. The summed E-state index contributed by atoms with van der Waals surface area (Å²) in [6.45, 7) is 2.11. The zero-order valence-corrected chi connectivity index (χ0v) is 9.06. The molecule has 1 N–H and O–H groups in total. The number of rotatable bonds is 2. The zero-order valence-electron chi connectivity index (χ0n) is 8.24. The van der Waals surface area contributed by atoms with Crippen molar-refractivity contribution < 1.29 is 0 Å². The summed E-state index contributed by atoms with van der Waals surface area (Å²) in [7, 11) is 1.88. The molecule has 0 unspecified atom stereocenters. The predicted octanol–water partition coefficient (Wildman–Crippen LogP) is 3.16. The lowest BCUT2D eigenvalue weighted by Crippen LogP contribution is -1.92. The van der Waals surface area contributed by atoms with Crippen molar-refractivity contribution in [1.29, 1.82) is 0 Å². The topological polar surface area (TPSA) is 24.9 Å². The number of thiophene rings is 1. The maximum Gasteiger partial charge on any atom is 0.126 e. The van der Waals surface area contributed by atoms with Gasteiger partial charge in [-0.15, -0.1) is 11.3 Å². The molecule has 3 heteroatoms. The molecule has 0 spiro atoms. The lowest BCUT2D eigenvalue weighted by molar-refractivity contribution is 1.29. The number of hydrogen-bond donors (Lipinski definition) is 1. The number of anilines is 1. The van der Waals surface area contributed by atoms with Crippen LogP contribution in [-0.4, -0.2) is 12.0 Å². The van der Waals surface area contributed by atoms with Gasteiger partial charge in [-0.05, 0) is 36.1 Å². The first-order valence-corrected chi connectivity index (χ1v) is 5.38. The van der Waals surface area contributed by atoms with Gasteiger partial charge in [-0.1, -0.05) is 6.07 Å². The minimum Gasteiger partial charge on any atom is -0.373 e. The van der Waals surface area contributed by atoms with E-state index in [1.165, 1.54) is 10.4 Å². The minimum absolute atomic E-state index is 0.912. The van der Waals surface area contributed by atoms with E-state index in [-0.39, 0.29) is 0 Å². The van der Waals surface area contributed by atoms with Gasteiger partial charge in [-0.3, -0.25) is 0 Å². The summed E-state index contributed by atoms with van der Waals surface area (Å²) in [5.74, 6) is 0.912. The summed E-state index contributed by atoms with van der Waals surface area (Å²) in [4.78, 5) is 5.75. The van der Waals surface area contributed by atoms with Crippen LogP contribution in [0.3, 0.4) is 0 Å². The van der Waals surface area contributed by atoms with Crippen LogP contribution in [0.2, 0.25) is 0 Å². The third kappa shape index (κ3) is 1.63. The fourth-order valence-electron chi connectivity index (χ4n) is 1.34. The SMILES string of the molecule is CNc1cccc(-c2sccc2C)n1. The summed E-state index contributed by atoms with van der Waals surface area (Å²) >= 11 is 1.73. The molecule has 2 rings (SSSR count). The lowest BCUT2D eigenvalue weighted by atomic mass is 10.2. The molecule has 0 atom stereocenters. The van der Waals surface area contributed by atoms with E-state index in [9.17, 15) is 0 Å². The van der Waals surface area contributed by atoms with E-state index in [2.05, 4.69) is 28.7 Å². The standard InChI is InChI=1S/C11H12N2S/c1-8-6-7-14-11(8)9-4-3-5-10(12-2)13-9/h3-7H,1-2H3,(H,12,13). The van der Waals surface area contributed by atoms with Crippen molar-refractivity contribution in [3.63, 3.8) is 0 Å². The Morgan fingerprint density at radius 3 is 2.79 bits per heavy atom. The molecule has 0 amide bonds. The maximum absolute atomic E-state index is 4.49. The first-order chi connectivity index (χ1) is 6.81. The van der Waals surface area contributed by atoms with E-state index in [4.69, 9.17) is 0 Å². The van der Waals surface area contributed by atoms with Crippen LogP contribution < -0.4 is 5.32 Å². The molecule has 0 radical (unpaired) electrons. The van der Waals surface area contributed by atoms with Gasteiger partial charge in [-0.25, -0.2) is 4.98 Å². The summed E-state index contributed by atoms with van der Waals surface area (Å²) in [6, 6.07) is 8.15. The molecule has 0 aliphatic carbocycles. The van der Waals surface area contributed by atoms with E-state index in [0.29, 0.717) is 0 Å². The van der Waals surface area contributed by atoms with Crippen LogP contribution in [0.25, 0.3) is 10.6 Å². The van der Waals surface area contributed by atoms with E-state index in [1.54, 1.807) is 11.3 Å². The summed E-state index contributed by atoms with van der Waals surface area (Å²) in [5.41, 5.74) is 2.33. The van der Waals surface area contributed by atoms with Crippen molar-refractivity contribution in [1.82, 2.24) is 4.98 Å². The lowest BCUT2D eigenvalue weighted by Gasteiger charge is -2.02. The molecule has 0 saturated carbocycles. The number of pyridine rings is 1. The van der Waals surface area contributed by atoms with Crippen molar-refractivity contribution in [2.75, 3.05) is 12.4 Å². The van der Waals surface area contributed by atoms with Gasteiger partial charge in [-0.2, -0.15) is 0 Å². The van der Waals surface area contributed by atoms with Crippen LogP contribution in [-0.2, 0) is 0 Å². The van der Waals surface area contributed by atoms with E-state index >= 15 is 0 Å². The van der Waals surface area contributed by atoms with Gasteiger partial charge in [0, 0.05) is 7.05 Å². The molecule has 2 aromatic rings. The van der Waals surface area contributed by atoms with Crippen LogP contribution in [0.4, 0.5) is 5.82 Å². The molecule has 72 valence electrons. The van der Waals surface area contributed by atoms with Crippen LogP contribution in [0, 0.1) is 6.92 Å². The monoisotopic (exact) mass is 204 g/mol. The molecule has 0 aromatic carbocycles. The van der Waals surface area contributed by atoms with Crippen molar-refractivity contribution >= 4 is 17.2 Å². The summed E-state index contributed by atoms with van der Waals surface area (Å²) in [6.07, 6.45) is 0. The van der Waals surface area contributed by atoms with Gasteiger partial charge in [0.25, 0.3) is 0 Å². The molecule has 0 bridgehead atoms. The third-order valence-corrected chi connectivity index (χ3v) is 3.14. The number of hydrogen-bond acceptors (Lipinski definition) is 3. The first kappa shape index (κ1) is 9.21. The molecule has 2 heterocycles. The largest absolute Gasteiger partial charge is 0.373 e.